The topological polar surface area (TPSA) is 98.7 Å². The summed E-state index contributed by atoms with van der Waals surface area (Å²) >= 11 is 1.82. The average Bonchev–Trinajstić information content (AvgIpc) is 2.30. The number of thioether (sulfide) groups is 1. The molecule has 2 atom stereocenters. The number of urea groups is 1. The summed E-state index contributed by atoms with van der Waals surface area (Å²) in [5.41, 5.74) is 0. The number of carboxylic acids is 1. The third-order valence-electron chi connectivity index (χ3n) is 2.48. The molecular weight excluding hydrogens is 244 g/mol. The first-order chi connectivity index (χ1) is 8.09. The number of carboxylic acid groups (broad SMARTS) is 1. The summed E-state index contributed by atoms with van der Waals surface area (Å²) in [5, 5.41) is 22.8. The third-order valence-corrected chi connectivity index (χ3v) is 3.70. The van der Waals surface area contributed by atoms with Crippen molar-refractivity contribution in [2.75, 3.05) is 18.1 Å². The SMILES string of the molecule is O=C(NCC[C@H](O)C(=O)O)NC1CCCSC1. The van der Waals surface area contributed by atoms with Gasteiger partial charge in [-0.25, -0.2) is 9.59 Å². The van der Waals surface area contributed by atoms with Crippen LogP contribution in [0.2, 0.25) is 0 Å². The van der Waals surface area contributed by atoms with Crippen molar-refractivity contribution in [2.45, 2.75) is 31.4 Å². The molecule has 0 radical (unpaired) electrons. The molecule has 2 amide bonds. The van der Waals surface area contributed by atoms with Crippen LogP contribution in [-0.4, -0.2) is 52.4 Å². The molecule has 0 aromatic rings. The summed E-state index contributed by atoms with van der Waals surface area (Å²) in [4.78, 5) is 21.7. The van der Waals surface area contributed by atoms with Crippen molar-refractivity contribution >= 4 is 23.8 Å². The van der Waals surface area contributed by atoms with Crippen molar-refractivity contribution in [1.82, 2.24) is 10.6 Å². The van der Waals surface area contributed by atoms with E-state index in [1.165, 1.54) is 0 Å². The van der Waals surface area contributed by atoms with Crippen LogP contribution in [-0.2, 0) is 4.79 Å². The van der Waals surface area contributed by atoms with Gasteiger partial charge in [-0.2, -0.15) is 11.8 Å². The van der Waals surface area contributed by atoms with E-state index in [4.69, 9.17) is 10.2 Å². The highest BCUT2D eigenvalue weighted by atomic mass is 32.2. The lowest BCUT2D eigenvalue weighted by Gasteiger charge is -2.22. The van der Waals surface area contributed by atoms with Crippen LogP contribution in [0.3, 0.4) is 0 Å². The average molecular weight is 262 g/mol. The van der Waals surface area contributed by atoms with Gasteiger partial charge in [0.15, 0.2) is 6.10 Å². The van der Waals surface area contributed by atoms with Gasteiger partial charge in [0.2, 0.25) is 0 Å². The highest BCUT2D eigenvalue weighted by Crippen LogP contribution is 2.16. The largest absolute Gasteiger partial charge is 0.479 e. The highest BCUT2D eigenvalue weighted by molar-refractivity contribution is 7.99. The Hall–Kier alpha value is -0.950. The Morgan fingerprint density at radius 3 is 2.82 bits per heavy atom. The second kappa shape index (κ2) is 7.39. The van der Waals surface area contributed by atoms with Gasteiger partial charge in [-0.05, 0) is 18.6 Å². The lowest BCUT2D eigenvalue weighted by molar-refractivity contribution is -0.146. The highest BCUT2D eigenvalue weighted by Gasteiger charge is 2.16. The minimum atomic E-state index is -1.42. The van der Waals surface area contributed by atoms with E-state index < -0.39 is 12.1 Å². The zero-order valence-electron chi connectivity index (χ0n) is 9.52. The number of nitrogens with one attached hydrogen (secondary N) is 2. The van der Waals surface area contributed by atoms with Gasteiger partial charge in [0, 0.05) is 24.8 Å². The molecule has 0 spiro atoms. The molecule has 4 N–H and O–H groups in total. The van der Waals surface area contributed by atoms with Gasteiger partial charge in [-0.1, -0.05) is 0 Å². The number of aliphatic hydroxyl groups is 1. The molecule has 1 aliphatic rings. The van der Waals surface area contributed by atoms with Crippen LogP contribution >= 0.6 is 11.8 Å². The lowest BCUT2D eigenvalue weighted by atomic mass is 10.2. The lowest BCUT2D eigenvalue weighted by Crippen LogP contribution is -2.45. The fourth-order valence-electron chi connectivity index (χ4n) is 1.54. The molecule has 98 valence electrons. The first-order valence-electron chi connectivity index (χ1n) is 5.62. The smallest absolute Gasteiger partial charge is 0.332 e. The molecule has 1 heterocycles. The maximum absolute atomic E-state index is 11.4. The number of aliphatic hydroxyl groups excluding tert-OH is 1. The van der Waals surface area contributed by atoms with E-state index in [0.29, 0.717) is 0 Å². The number of amides is 2. The van der Waals surface area contributed by atoms with E-state index in [1.54, 1.807) is 0 Å². The van der Waals surface area contributed by atoms with E-state index in [2.05, 4.69) is 10.6 Å². The molecule has 1 fully saturated rings. The van der Waals surface area contributed by atoms with Crippen molar-refractivity contribution in [1.29, 1.82) is 0 Å². The normalized spacial score (nSPS) is 21.6. The molecule has 1 unspecified atom stereocenters. The van der Waals surface area contributed by atoms with Crippen LogP contribution in [0.15, 0.2) is 0 Å². The van der Waals surface area contributed by atoms with Crippen molar-refractivity contribution in [3.63, 3.8) is 0 Å². The van der Waals surface area contributed by atoms with Crippen LogP contribution in [0.25, 0.3) is 0 Å². The molecule has 17 heavy (non-hydrogen) atoms. The van der Waals surface area contributed by atoms with Crippen molar-refractivity contribution in [2.24, 2.45) is 0 Å². The Balaban J connectivity index is 2.10. The van der Waals surface area contributed by atoms with E-state index in [-0.39, 0.29) is 25.0 Å². The fraction of sp³-hybridized carbons (Fsp3) is 0.800. The Bertz CT molecular complexity index is 269. The van der Waals surface area contributed by atoms with Crippen LogP contribution < -0.4 is 10.6 Å². The van der Waals surface area contributed by atoms with Gasteiger partial charge in [-0.15, -0.1) is 0 Å². The number of carbonyl (C=O) groups excluding carboxylic acids is 1. The zero-order chi connectivity index (χ0) is 12.7. The van der Waals surface area contributed by atoms with E-state index in [0.717, 1.165) is 24.3 Å². The van der Waals surface area contributed by atoms with Crippen LogP contribution in [0.5, 0.6) is 0 Å². The minimum Gasteiger partial charge on any atom is -0.479 e. The van der Waals surface area contributed by atoms with Crippen LogP contribution in [0.1, 0.15) is 19.3 Å². The molecule has 1 rings (SSSR count). The van der Waals surface area contributed by atoms with Gasteiger partial charge in [0.25, 0.3) is 0 Å². The number of carbonyl (C=O) groups is 2. The quantitative estimate of drug-likeness (QED) is 0.560. The molecular formula is C10H18N2O4S. The van der Waals surface area contributed by atoms with Crippen molar-refractivity contribution in [3.8, 4) is 0 Å². The van der Waals surface area contributed by atoms with E-state index >= 15 is 0 Å². The van der Waals surface area contributed by atoms with Gasteiger partial charge in [0.05, 0.1) is 0 Å². The molecule has 0 aromatic heterocycles. The minimum absolute atomic E-state index is 0.0160. The van der Waals surface area contributed by atoms with Crippen LogP contribution in [0, 0.1) is 0 Å². The molecule has 7 heteroatoms. The summed E-state index contributed by atoms with van der Waals surface area (Å²) in [6.45, 7) is 0.152. The Kier molecular flexibility index (Phi) is 6.13. The number of rotatable bonds is 5. The first kappa shape index (κ1) is 14.1. The maximum atomic E-state index is 11.4. The number of aliphatic carboxylic acids is 1. The van der Waals surface area contributed by atoms with E-state index in [1.807, 2.05) is 11.8 Å². The third kappa shape index (κ3) is 5.78. The Morgan fingerprint density at radius 1 is 1.47 bits per heavy atom. The van der Waals surface area contributed by atoms with Gasteiger partial charge < -0.3 is 20.8 Å². The van der Waals surface area contributed by atoms with Gasteiger partial charge in [0.1, 0.15) is 0 Å². The maximum Gasteiger partial charge on any atom is 0.332 e. The summed E-state index contributed by atoms with van der Waals surface area (Å²) in [6.07, 6.45) is 0.689. The number of hydrogen-bond donors (Lipinski definition) is 4. The predicted octanol–water partition coefficient (Wildman–Crippen LogP) is 0.0168. The summed E-state index contributed by atoms with van der Waals surface area (Å²) in [6, 6.07) is -0.103. The van der Waals surface area contributed by atoms with Crippen molar-refractivity contribution < 1.29 is 19.8 Å². The molecule has 1 saturated heterocycles. The summed E-state index contributed by atoms with van der Waals surface area (Å²) in [5.74, 6) is 0.798. The molecule has 0 saturated carbocycles. The summed E-state index contributed by atoms with van der Waals surface area (Å²) in [7, 11) is 0. The molecule has 0 aromatic carbocycles. The van der Waals surface area contributed by atoms with Gasteiger partial charge in [-0.3, -0.25) is 0 Å². The molecule has 6 nitrogen and oxygen atoms in total. The molecule has 0 bridgehead atoms. The fourth-order valence-corrected chi connectivity index (χ4v) is 2.61. The van der Waals surface area contributed by atoms with Crippen LogP contribution in [0.4, 0.5) is 4.79 Å². The van der Waals surface area contributed by atoms with Gasteiger partial charge >= 0.3 is 12.0 Å². The second-order valence-electron chi connectivity index (χ2n) is 3.96. The second-order valence-corrected chi connectivity index (χ2v) is 5.11. The monoisotopic (exact) mass is 262 g/mol. The number of hydrogen-bond acceptors (Lipinski definition) is 4. The molecule has 1 aliphatic heterocycles. The predicted molar refractivity (Wildman–Crippen MR) is 65.1 cm³/mol. The van der Waals surface area contributed by atoms with Crippen molar-refractivity contribution in [3.05, 3.63) is 0 Å². The zero-order valence-corrected chi connectivity index (χ0v) is 10.3. The Morgan fingerprint density at radius 2 is 2.24 bits per heavy atom. The Labute approximate surface area is 104 Å². The van der Waals surface area contributed by atoms with E-state index in [9.17, 15) is 9.59 Å². The summed E-state index contributed by atoms with van der Waals surface area (Å²) < 4.78 is 0. The molecule has 0 aliphatic carbocycles. The standard InChI is InChI=1S/C10H18N2O4S/c13-8(9(14)15)3-4-11-10(16)12-7-2-1-5-17-6-7/h7-8,13H,1-6H2,(H,14,15)(H2,11,12,16)/t7?,8-/m0/s1. The first-order valence-corrected chi connectivity index (χ1v) is 6.78.